The Morgan fingerprint density at radius 3 is 2.89 bits per heavy atom. The number of rotatable bonds is 3. The van der Waals surface area contributed by atoms with Crippen LogP contribution >= 0.6 is 0 Å². The Labute approximate surface area is 110 Å². The molecule has 0 N–H and O–H groups in total. The highest BCUT2D eigenvalue weighted by atomic mass is 16.5. The van der Waals surface area contributed by atoms with Crippen LogP contribution in [0.1, 0.15) is 5.82 Å². The molecule has 0 amide bonds. The van der Waals surface area contributed by atoms with Gasteiger partial charge in [0.1, 0.15) is 18.1 Å². The van der Waals surface area contributed by atoms with Gasteiger partial charge in [-0.2, -0.15) is 0 Å². The molecule has 6 nitrogen and oxygen atoms in total. The zero-order valence-electron chi connectivity index (χ0n) is 10.9. The van der Waals surface area contributed by atoms with Gasteiger partial charge >= 0.3 is 0 Å². The first-order valence-electron chi connectivity index (χ1n) is 6.05. The molecule has 0 saturated heterocycles. The highest BCUT2D eigenvalue weighted by Gasteiger charge is 2.20. The van der Waals surface area contributed by atoms with Crippen LogP contribution in [0.15, 0.2) is 18.2 Å². The van der Waals surface area contributed by atoms with Gasteiger partial charge in [-0.15, -0.1) is 10.2 Å². The molecule has 0 atom stereocenters. The van der Waals surface area contributed by atoms with Crippen LogP contribution in [0.25, 0.3) is 11.4 Å². The first-order chi connectivity index (χ1) is 9.33. The normalized spacial score (nSPS) is 14.0. The van der Waals surface area contributed by atoms with Crippen LogP contribution in [-0.2, 0) is 17.9 Å². The van der Waals surface area contributed by atoms with Crippen LogP contribution in [0, 0.1) is 0 Å². The smallest absolute Gasteiger partial charge is 0.167 e. The Hall–Kier alpha value is -2.08. The largest absolute Gasteiger partial charge is 0.497 e. The fourth-order valence-electron chi connectivity index (χ4n) is 2.18. The van der Waals surface area contributed by atoms with Gasteiger partial charge in [-0.05, 0) is 12.1 Å². The van der Waals surface area contributed by atoms with Crippen molar-refractivity contribution >= 4 is 0 Å². The maximum Gasteiger partial charge on any atom is 0.167 e. The van der Waals surface area contributed by atoms with Crippen LogP contribution in [0.3, 0.4) is 0 Å². The Morgan fingerprint density at radius 1 is 1.21 bits per heavy atom. The molecule has 0 spiro atoms. The highest BCUT2D eigenvalue weighted by molar-refractivity contribution is 5.66. The van der Waals surface area contributed by atoms with Crippen molar-refractivity contribution in [1.82, 2.24) is 14.8 Å². The summed E-state index contributed by atoms with van der Waals surface area (Å²) in [7, 11) is 3.26. The monoisotopic (exact) mass is 261 g/mol. The van der Waals surface area contributed by atoms with Gasteiger partial charge in [-0.25, -0.2) is 0 Å². The summed E-state index contributed by atoms with van der Waals surface area (Å²) >= 11 is 0. The molecule has 0 fully saturated rings. The van der Waals surface area contributed by atoms with E-state index in [0.717, 1.165) is 35.3 Å². The van der Waals surface area contributed by atoms with Gasteiger partial charge in [-0.1, -0.05) is 0 Å². The average molecular weight is 261 g/mol. The minimum absolute atomic E-state index is 0.505. The quantitative estimate of drug-likeness (QED) is 0.837. The molecule has 2 aromatic rings. The number of hydrogen-bond donors (Lipinski definition) is 0. The van der Waals surface area contributed by atoms with Gasteiger partial charge < -0.3 is 18.8 Å². The summed E-state index contributed by atoms with van der Waals surface area (Å²) in [4.78, 5) is 0. The van der Waals surface area contributed by atoms with Crippen LogP contribution in [0.4, 0.5) is 0 Å². The first kappa shape index (κ1) is 12.0. The zero-order chi connectivity index (χ0) is 13.2. The summed E-state index contributed by atoms with van der Waals surface area (Å²) in [5.41, 5.74) is 0.906. The van der Waals surface area contributed by atoms with Gasteiger partial charge in [0.2, 0.25) is 0 Å². The van der Waals surface area contributed by atoms with Gasteiger partial charge in [0.25, 0.3) is 0 Å². The third-order valence-electron chi connectivity index (χ3n) is 3.17. The van der Waals surface area contributed by atoms with E-state index in [0.29, 0.717) is 13.2 Å². The van der Waals surface area contributed by atoms with E-state index < -0.39 is 0 Å². The molecule has 100 valence electrons. The third-order valence-corrected chi connectivity index (χ3v) is 3.17. The SMILES string of the molecule is COc1ccc(-c2nnc3n2CCOC3)c(OC)c1. The van der Waals surface area contributed by atoms with E-state index in [-0.39, 0.29) is 0 Å². The van der Waals surface area contributed by atoms with Crippen molar-refractivity contribution in [3.63, 3.8) is 0 Å². The van der Waals surface area contributed by atoms with E-state index in [4.69, 9.17) is 14.2 Å². The number of fused-ring (bicyclic) bond motifs is 1. The molecule has 0 bridgehead atoms. The fourth-order valence-corrected chi connectivity index (χ4v) is 2.18. The van der Waals surface area contributed by atoms with Crippen molar-refractivity contribution in [2.24, 2.45) is 0 Å². The van der Waals surface area contributed by atoms with Gasteiger partial charge in [0.15, 0.2) is 11.6 Å². The minimum atomic E-state index is 0.505. The maximum absolute atomic E-state index is 5.41. The lowest BCUT2D eigenvalue weighted by Crippen LogP contribution is -2.17. The molecule has 19 heavy (non-hydrogen) atoms. The molecule has 1 aromatic heterocycles. The predicted octanol–water partition coefficient (Wildman–Crippen LogP) is 1.49. The molecule has 1 aromatic carbocycles. The van der Waals surface area contributed by atoms with Crippen molar-refractivity contribution in [1.29, 1.82) is 0 Å². The standard InChI is InChI=1S/C13H15N3O3/c1-17-9-3-4-10(11(7-9)18-2)13-15-14-12-8-19-6-5-16(12)13/h3-4,7H,5-6,8H2,1-2H3. The van der Waals surface area contributed by atoms with Crippen LogP contribution in [-0.4, -0.2) is 35.6 Å². The van der Waals surface area contributed by atoms with Crippen molar-refractivity contribution in [2.75, 3.05) is 20.8 Å². The first-order valence-corrected chi connectivity index (χ1v) is 6.05. The van der Waals surface area contributed by atoms with Gasteiger partial charge in [0, 0.05) is 12.6 Å². The zero-order valence-corrected chi connectivity index (χ0v) is 10.9. The van der Waals surface area contributed by atoms with E-state index >= 15 is 0 Å². The molecule has 2 heterocycles. The number of hydrogen-bond acceptors (Lipinski definition) is 5. The summed E-state index contributed by atoms with van der Waals surface area (Å²) in [6.45, 7) is 1.94. The number of nitrogens with zero attached hydrogens (tertiary/aromatic N) is 3. The van der Waals surface area contributed by atoms with Gasteiger partial charge in [0.05, 0.1) is 26.4 Å². The number of methoxy groups -OCH3 is 2. The van der Waals surface area contributed by atoms with Crippen molar-refractivity contribution in [3.05, 3.63) is 24.0 Å². The van der Waals surface area contributed by atoms with E-state index in [1.54, 1.807) is 14.2 Å². The fraction of sp³-hybridized carbons (Fsp3) is 0.385. The molecule has 1 aliphatic rings. The highest BCUT2D eigenvalue weighted by Crippen LogP contribution is 2.33. The lowest BCUT2D eigenvalue weighted by atomic mass is 10.1. The molecule has 0 unspecified atom stereocenters. The van der Waals surface area contributed by atoms with Crippen LogP contribution in [0.2, 0.25) is 0 Å². The molecule has 1 aliphatic heterocycles. The van der Waals surface area contributed by atoms with Crippen molar-refractivity contribution in [2.45, 2.75) is 13.2 Å². The van der Waals surface area contributed by atoms with E-state index in [9.17, 15) is 0 Å². The molecular formula is C13H15N3O3. The average Bonchev–Trinajstić information content (AvgIpc) is 2.90. The Morgan fingerprint density at radius 2 is 2.11 bits per heavy atom. The summed E-state index contributed by atoms with van der Waals surface area (Å²) < 4.78 is 18.0. The second-order valence-corrected chi connectivity index (χ2v) is 4.21. The molecule has 0 aliphatic carbocycles. The summed E-state index contributed by atoms with van der Waals surface area (Å²) in [6, 6.07) is 5.67. The molecular weight excluding hydrogens is 246 g/mol. The number of ether oxygens (including phenoxy) is 3. The lowest BCUT2D eigenvalue weighted by Gasteiger charge is -2.16. The van der Waals surface area contributed by atoms with Crippen molar-refractivity contribution in [3.8, 4) is 22.9 Å². The topological polar surface area (TPSA) is 58.4 Å². The Bertz CT molecular complexity index is 595. The minimum Gasteiger partial charge on any atom is -0.497 e. The van der Waals surface area contributed by atoms with E-state index in [1.165, 1.54) is 0 Å². The van der Waals surface area contributed by atoms with E-state index in [1.807, 2.05) is 18.2 Å². The van der Waals surface area contributed by atoms with Crippen molar-refractivity contribution < 1.29 is 14.2 Å². The molecule has 6 heteroatoms. The third kappa shape index (κ3) is 2.04. The Kier molecular flexibility index (Phi) is 3.08. The summed E-state index contributed by atoms with van der Waals surface area (Å²) in [5, 5.41) is 8.40. The second kappa shape index (κ2) is 4.89. The molecule has 3 rings (SSSR count). The number of benzene rings is 1. The Balaban J connectivity index is 2.09. The van der Waals surface area contributed by atoms with Crippen LogP contribution < -0.4 is 9.47 Å². The molecule has 0 saturated carbocycles. The number of aromatic nitrogens is 3. The van der Waals surface area contributed by atoms with Crippen LogP contribution in [0.5, 0.6) is 11.5 Å². The second-order valence-electron chi connectivity index (χ2n) is 4.21. The van der Waals surface area contributed by atoms with Gasteiger partial charge in [-0.3, -0.25) is 0 Å². The lowest BCUT2D eigenvalue weighted by molar-refractivity contribution is 0.0820. The maximum atomic E-state index is 5.41. The van der Waals surface area contributed by atoms with E-state index in [2.05, 4.69) is 14.8 Å². The molecule has 0 radical (unpaired) electrons. The summed E-state index contributed by atoms with van der Waals surface area (Å²) in [6.07, 6.45) is 0. The summed E-state index contributed by atoms with van der Waals surface area (Å²) in [5.74, 6) is 3.13. The predicted molar refractivity (Wildman–Crippen MR) is 68.2 cm³/mol.